The third-order valence-corrected chi connectivity index (χ3v) is 4.24. The summed E-state index contributed by atoms with van der Waals surface area (Å²) in [7, 11) is 1.50. The van der Waals surface area contributed by atoms with Crippen molar-refractivity contribution in [3.63, 3.8) is 0 Å². The van der Waals surface area contributed by atoms with Crippen molar-refractivity contribution >= 4 is 17.7 Å². The first-order valence-corrected chi connectivity index (χ1v) is 8.50. The highest BCUT2D eigenvalue weighted by atomic mass is 16.5. The second kappa shape index (κ2) is 8.98. The third-order valence-electron chi connectivity index (χ3n) is 4.24. The number of ether oxygens (including phenoxy) is 2. The first kappa shape index (κ1) is 20.2. The largest absolute Gasteiger partial charge is 0.496 e. The molecule has 0 spiro atoms. The Balaban J connectivity index is 1.92. The SMILES string of the molecule is COc1ccc(C(C)=O)cc1COC(=O)CNC(=O)c1ccc(C)c(C)c1. The van der Waals surface area contributed by atoms with Crippen LogP contribution in [-0.2, 0) is 16.1 Å². The summed E-state index contributed by atoms with van der Waals surface area (Å²) in [5.74, 6) is -0.494. The summed E-state index contributed by atoms with van der Waals surface area (Å²) in [5, 5.41) is 2.54. The molecular weight excluding hydrogens is 346 g/mol. The monoisotopic (exact) mass is 369 g/mol. The van der Waals surface area contributed by atoms with Crippen LogP contribution in [-0.4, -0.2) is 31.3 Å². The Morgan fingerprint density at radius 3 is 2.30 bits per heavy atom. The molecular formula is C21H23NO5. The number of hydrogen-bond acceptors (Lipinski definition) is 5. The van der Waals surface area contributed by atoms with Crippen molar-refractivity contribution in [1.82, 2.24) is 5.32 Å². The minimum atomic E-state index is -0.581. The van der Waals surface area contributed by atoms with Gasteiger partial charge in [-0.1, -0.05) is 6.07 Å². The summed E-state index contributed by atoms with van der Waals surface area (Å²) in [6.45, 7) is 5.04. The molecule has 0 aliphatic rings. The second-order valence-electron chi connectivity index (χ2n) is 6.23. The highest BCUT2D eigenvalue weighted by Crippen LogP contribution is 2.21. The van der Waals surface area contributed by atoms with Gasteiger partial charge in [-0.05, 0) is 62.2 Å². The fourth-order valence-corrected chi connectivity index (χ4v) is 2.46. The van der Waals surface area contributed by atoms with Crippen LogP contribution in [0.4, 0.5) is 0 Å². The smallest absolute Gasteiger partial charge is 0.325 e. The van der Waals surface area contributed by atoms with Gasteiger partial charge in [-0.3, -0.25) is 14.4 Å². The van der Waals surface area contributed by atoms with Crippen molar-refractivity contribution in [3.8, 4) is 5.75 Å². The number of carbonyl (C=O) groups is 3. The Hall–Kier alpha value is -3.15. The van der Waals surface area contributed by atoms with Gasteiger partial charge < -0.3 is 14.8 Å². The third kappa shape index (κ3) is 5.41. The zero-order chi connectivity index (χ0) is 20.0. The number of amides is 1. The van der Waals surface area contributed by atoms with Gasteiger partial charge in [0.25, 0.3) is 5.91 Å². The summed E-state index contributed by atoms with van der Waals surface area (Å²) in [5.41, 5.74) is 3.67. The van der Waals surface area contributed by atoms with Gasteiger partial charge in [-0.2, -0.15) is 0 Å². The number of nitrogens with one attached hydrogen (secondary N) is 1. The number of methoxy groups -OCH3 is 1. The van der Waals surface area contributed by atoms with Crippen LogP contribution in [0.3, 0.4) is 0 Å². The van der Waals surface area contributed by atoms with Gasteiger partial charge in [0.15, 0.2) is 5.78 Å². The maximum Gasteiger partial charge on any atom is 0.325 e. The molecule has 2 rings (SSSR count). The van der Waals surface area contributed by atoms with E-state index in [4.69, 9.17) is 9.47 Å². The minimum absolute atomic E-state index is 0.0529. The van der Waals surface area contributed by atoms with Gasteiger partial charge in [-0.15, -0.1) is 0 Å². The number of Topliss-reactive ketones (excluding diaryl/α,β-unsaturated/α-hetero) is 1. The molecule has 0 aliphatic heterocycles. The predicted molar refractivity (Wildman–Crippen MR) is 101 cm³/mol. The molecule has 1 N–H and O–H groups in total. The molecule has 142 valence electrons. The molecule has 0 saturated carbocycles. The second-order valence-corrected chi connectivity index (χ2v) is 6.23. The summed E-state index contributed by atoms with van der Waals surface area (Å²) in [6, 6.07) is 10.3. The molecule has 0 bridgehead atoms. The van der Waals surface area contributed by atoms with Crippen LogP contribution in [0.15, 0.2) is 36.4 Å². The van der Waals surface area contributed by atoms with Crippen LogP contribution in [0.5, 0.6) is 5.75 Å². The van der Waals surface area contributed by atoms with Crippen LogP contribution in [0.2, 0.25) is 0 Å². The number of ketones is 1. The van der Waals surface area contributed by atoms with E-state index in [0.717, 1.165) is 11.1 Å². The Morgan fingerprint density at radius 2 is 1.67 bits per heavy atom. The molecule has 27 heavy (non-hydrogen) atoms. The summed E-state index contributed by atoms with van der Waals surface area (Å²) < 4.78 is 10.4. The average Bonchev–Trinajstić information content (AvgIpc) is 2.66. The maximum atomic E-state index is 12.1. The number of hydrogen-bond donors (Lipinski definition) is 1. The topological polar surface area (TPSA) is 81.7 Å². The molecule has 0 radical (unpaired) electrons. The number of carbonyl (C=O) groups excluding carboxylic acids is 3. The van der Waals surface area contributed by atoms with Gasteiger partial charge in [0.05, 0.1) is 7.11 Å². The molecule has 0 atom stereocenters. The van der Waals surface area contributed by atoms with Crippen molar-refractivity contribution in [2.24, 2.45) is 0 Å². The lowest BCUT2D eigenvalue weighted by Gasteiger charge is -2.11. The maximum absolute atomic E-state index is 12.1. The number of aryl methyl sites for hydroxylation is 2. The molecule has 1 amide bonds. The fourth-order valence-electron chi connectivity index (χ4n) is 2.46. The Labute approximate surface area is 158 Å². The van der Waals surface area contributed by atoms with Gasteiger partial charge >= 0.3 is 5.97 Å². The molecule has 0 saturated heterocycles. The Kier molecular flexibility index (Phi) is 6.71. The Morgan fingerprint density at radius 1 is 0.963 bits per heavy atom. The zero-order valence-corrected chi connectivity index (χ0v) is 15.9. The first-order valence-electron chi connectivity index (χ1n) is 8.50. The highest BCUT2D eigenvalue weighted by molar-refractivity contribution is 5.96. The standard InChI is InChI=1S/C21H23NO5/c1-13-5-6-17(9-14(13)2)21(25)22-11-20(24)27-12-18-10-16(15(3)23)7-8-19(18)26-4/h5-10H,11-12H2,1-4H3,(H,22,25). The summed E-state index contributed by atoms with van der Waals surface area (Å²) in [4.78, 5) is 35.6. The lowest BCUT2D eigenvalue weighted by molar-refractivity contribution is -0.143. The van der Waals surface area contributed by atoms with Gasteiger partial charge in [0, 0.05) is 16.7 Å². The normalized spacial score (nSPS) is 10.2. The van der Waals surface area contributed by atoms with Crippen molar-refractivity contribution < 1.29 is 23.9 Å². The van der Waals surface area contributed by atoms with E-state index in [1.54, 1.807) is 30.3 Å². The average molecular weight is 369 g/mol. The van der Waals surface area contributed by atoms with E-state index >= 15 is 0 Å². The van der Waals surface area contributed by atoms with E-state index in [1.807, 2.05) is 19.9 Å². The van der Waals surface area contributed by atoms with Crippen molar-refractivity contribution in [3.05, 3.63) is 64.2 Å². The lowest BCUT2D eigenvalue weighted by atomic mass is 10.1. The van der Waals surface area contributed by atoms with E-state index in [0.29, 0.717) is 22.4 Å². The molecule has 0 aromatic heterocycles. The van der Waals surface area contributed by atoms with Crippen LogP contribution in [0.25, 0.3) is 0 Å². The van der Waals surface area contributed by atoms with Gasteiger partial charge in [0.1, 0.15) is 18.9 Å². The predicted octanol–water partition coefficient (Wildman–Crippen LogP) is 2.99. The lowest BCUT2D eigenvalue weighted by Crippen LogP contribution is -2.30. The molecule has 0 fully saturated rings. The van der Waals surface area contributed by atoms with Crippen LogP contribution in [0, 0.1) is 13.8 Å². The zero-order valence-electron chi connectivity index (χ0n) is 15.9. The van der Waals surface area contributed by atoms with Crippen LogP contribution < -0.4 is 10.1 Å². The number of esters is 1. The summed E-state index contributed by atoms with van der Waals surface area (Å²) in [6.07, 6.45) is 0. The highest BCUT2D eigenvalue weighted by Gasteiger charge is 2.12. The molecule has 6 nitrogen and oxygen atoms in total. The van der Waals surface area contributed by atoms with E-state index in [-0.39, 0.29) is 24.8 Å². The molecule has 2 aromatic carbocycles. The van der Waals surface area contributed by atoms with Crippen molar-refractivity contribution in [1.29, 1.82) is 0 Å². The number of benzene rings is 2. The first-order chi connectivity index (χ1) is 12.8. The minimum Gasteiger partial charge on any atom is -0.496 e. The molecule has 6 heteroatoms. The van der Waals surface area contributed by atoms with E-state index in [2.05, 4.69) is 5.32 Å². The molecule has 2 aromatic rings. The molecule has 0 unspecified atom stereocenters. The quantitative estimate of drug-likeness (QED) is 0.599. The van der Waals surface area contributed by atoms with E-state index in [9.17, 15) is 14.4 Å². The van der Waals surface area contributed by atoms with Crippen LogP contribution in [0.1, 0.15) is 44.3 Å². The fraction of sp³-hybridized carbons (Fsp3) is 0.286. The molecule has 0 heterocycles. The van der Waals surface area contributed by atoms with E-state index in [1.165, 1.54) is 14.0 Å². The van der Waals surface area contributed by atoms with E-state index < -0.39 is 5.97 Å². The number of rotatable bonds is 7. The Bertz CT molecular complexity index is 873. The van der Waals surface area contributed by atoms with Gasteiger partial charge in [0.2, 0.25) is 0 Å². The van der Waals surface area contributed by atoms with Crippen molar-refractivity contribution in [2.45, 2.75) is 27.4 Å². The molecule has 0 aliphatic carbocycles. The summed E-state index contributed by atoms with van der Waals surface area (Å²) >= 11 is 0. The van der Waals surface area contributed by atoms with Crippen molar-refractivity contribution in [2.75, 3.05) is 13.7 Å². The van der Waals surface area contributed by atoms with Gasteiger partial charge in [-0.25, -0.2) is 0 Å². The van der Waals surface area contributed by atoms with Crippen LogP contribution >= 0.6 is 0 Å².